The molecule has 94 valence electrons. The van der Waals surface area contributed by atoms with Crippen molar-refractivity contribution in [1.82, 2.24) is 20.6 Å². The summed E-state index contributed by atoms with van der Waals surface area (Å²) in [7, 11) is 0. The van der Waals surface area contributed by atoms with Crippen molar-refractivity contribution in [2.45, 2.75) is 57.8 Å². The Bertz CT molecular complexity index is 336. The van der Waals surface area contributed by atoms with E-state index in [0.717, 1.165) is 44.3 Å². The van der Waals surface area contributed by atoms with Crippen LogP contribution in [0.4, 0.5) is 0 Å². The zero-order valence-electron chi connectivity index (χ0n) is 10.2. The summed E-state index contributed by atoms with van der Waals surface area (Å²) in [6, 6.07) is 0. The van der Waals surface area contributed by atoms with Crippen LogP contribution in [0.15, 0.2) is 0 Å². The third-order valence-electron chi connectivity index (χ3n) is 3.52. The molecule has 1 aliphatic carbocycles. The number of nitrogens with one attached hydrogen (secondary N) is 1. The van der Waals surface area contributed by atoms with E-state index in [1.165, 1.54) is 19.3 Å². The van der Waals surface area contributed by atoms with Crippen molar-refractivity contribution in [3.8, 4) is 0 Å². The zero-order chi connectivity index (χ0) is 11.9. The Balaban J connectivity index is 1.48. The molecule has 0 aromatic carbocycles. The summed E-state index contributed by atoms with van der Waals surface area (Å²) in [5.41, 5.74) is 0. The van der Waals surface area contributed by atoms with Crippen LogP contribution in [0, 0.1) is 5.92 Å². The van der Waals surface area contributed by atoms with Crippen molar-refractivity contribution in [1.29, 1.82) is 0 Å². The predicted molar refractivity (Wildman–Crippen MR) is 63.3 cm³/mol. The third kappa shape index (κ3) is 3.91. The molecule has 5 heteroatoms. The average Bonchev–Trinajstić information content (AvgIpc) is 2.95. The first-order valence-electron chi connectivity index (χ1n) is 6.61. The Morgan fingerprint density at radius 1 is 1.24 bits per heavy atom. The molecule has 1 aromatic heterocycles. The van der Waals surface area contributed by atoms with Crippen LogP contribution in [0.25, 0.3) is 0 Å². The Morgan fingerprint density at radius 2 is 2.12 bits per heavy atom. The summed E-state index contributed by atoms with van der Waals surface area (Å²) < 4.78 is 0. The first kappa shape index (κ1) is 12.2. The van der Waals surface area contributed by atoms with Gasteiger partial charge in [-0.2, -0.15) is 5.21 Å². The number of nitrogens with zero attached hydrogens (tertiary/aromatic N) is 3. The van der Waals surface area contributed by atoms with Gasteiger partial charge in [0.15, 0.2) is 5.82 Å². The normalized spacial score (nSPS) is 20.0. The van der Waals surface area contributed by atoms with Gasteiger partial charge in [0.1, 0.15) is 5.78 Å². The van der Waals surface area contributed by atoms with Gasteiger partial charge in [-0.25, -0.2) is 0 Å². The number of H-pyrrole nitrogens is 1. The van der Waals surface area contributed by atoms with E-state index in [2.05, 4.69) is 20.6 Å². The number of carbonyl (C=O) groups excluding carboxylic acids is 1. The summed E-state index contributed by atoms with van der Waals surface area (Å²) in [5, 5.41) is 13.8. The minimum atomic E-state index is 0.382. The molecule has 2 rings (SSSR count). The lowest BCUT2D eigenvalue weighted by molar-refractivity contribution is -0.120. The summed E-state index contributed by atoms with van der Waals surface area (Å²) in [5.74, 6) is 1.68. The summed E-state index contributed by atoms with van der Waals surface area (Å²) in [6.45, 7) is 0. The van der Waals surface area contributed by atoms with Crippen LogP contribution in [0.1, 0.15) is 57.2 Å². The van der Waals surface area contributed by atoms with Crippen molar-refractivity contribution >= 4 is 5.78 Å². The molecule has 1 aromatic rings. The second-order valence-corrected chi connectivity index (χ2v) is 4.84. The van der Waals surface area contributed by atoms with Crippen LogP contribution in [0.2, 0.25) is 0 Å². The topological polar surface area (TPSA) is 71.5 Å². The molecule has 1 saturated carbocycles. The first-order chi connectivity index (χ1) is 8.36. The summed E-state index contributed by atoms with van der Waals surface area (Å²) >= 11 is 0. The van der Waals surface area contributed by atoms with Crippen LogP contribution in [-0.4, -0.2) is 26.4 Å². The molecular formula is C12H20N4O. The number of rotatable bonds is 7. The van der Waals surface area contributed by atoms with Crippen molar-refractivity contribution in [3.63, 3.8) is 0 Å². The van der Waals surface area contributed by atoms with Crippen molar-refractivity contribution in [2.75, 3.05) is 0 Å². The highest BCUT2D eigenvalue weighted by molar-refractivity contribution is 5.82. The Labute approximate surface area is 101 Å². The Kier molecular flexibility index (Phi) is 4.64. The fourth-order valence-electron chi connectivity index (χ4n) is 2.51. The Morgan fingerprint density at radius 3 is 2.82 bits per heavy atom. The molecule has 0 aliphatic heterocycles. The predicted octanol–water partition coefficient (Wildman–Crippen LogP) is 2.06. The van der Waals surface area contributed by atoms with E-state index in [4.69, 9.17) is 0 Å². The standard InChI is InChI=1S/C12H20N4O/c17-11-8-5-7-10(11)6-3-1-2-4-9-12-13-15-16-14-12/h10H,1-9H2,(H,13,14,15,16). The molecule has 0 saturated heterocycles. The average molecular weight is 236 g/mol. The van der Waals surface area contributed by atoms with Gasteiger partial charge in [-0.1, -0.05) is 24.5 Å². The van der Waals surface area contributed by atoms with Gasteiger partial charge in [0.05, 0.1) is 0 Å². The van der Waals surface area contributed by atoms with Gasteiger partial charge < -0.3 is 0 Å². The molecule has 1 atom stereocenters. The molecule has 0 radical (unpaired) electrons. The van der Waals surface area contributed by atoms with Gasteiger partial charge in [-0.3, -0.25) is 4.79 Å². The Hall–Kier alpha value is -1.26. The number of aryl methyl sites for hydroxylation is 1. The molecule has 1 aliphatic rings. The van der Waals surface area contributed by atoms with Crippen LogP contribution >= 0.6 is 0 Å². The van der Waals surface area contributed by atoms with Crippen LogP contribution in [0.5, 0.6) is 0 Å². The highest BCUT2D eigenvalue weighted by Gasteiger charge is 2.23. The van der Waals surface area contributed by atoms with E-state index in [1.54, 1.807) is 0 Å². The minimum absolute atomic E-state index is 0.382. The van der Waals surface area contributed by atoms with Gasteiger partial charge in [0.25, 0.3) is 0 Å². The summed E-state index contributed by atoms with van der Waals surface area (Å²) in [4.78, 5) is 11.4. The lowest BCUT2D eigenvalue weighted by atomic mass is 9.98. The lowest BCUT2D eigenvalue weighted by Gasteiger charge is -2.06. The number of ketones is 1. The maximum atomic E-state index is 11.4. The van der Waals surface area contributed by atoms with Gasteiger partial charge in [0, 0.05) is 18.8 Å². The quantitative estimate of drug-likeness (QED) is 0.735. The number of carbonyl (C=O) groups is 1. The SMILES string of the molecule is O=C1CCCC1CCCCCCc1nn[nH]n1. The molecule has 1 N–H and O–H groups in total. The van der Waals surface area contributed by atoms with E-state index in [1.807, 2.05) is 0 Å². The second-order valence-electron chi connectivity index (χ2n) is 4.84. The number of Topliss-reactive ketones (excluding diaryl/α,β-unsaturated/α-hetero) is 1. The minimum Gasteiger partial charge on any atom is -0.299 e. The van der Waals surface area contributed by atoms with Gasteiger partial charge in [0.2, 0.25) is 0 Å². The van der Waals surface area contributed by atoms with Crippen LogP contribution in [0.3, 0.4) is 0 Å². The number of tetrazole rings is 1. The molecule has 0 amide bonds. The van der Waals surface area contributed by atoms with E-state index < -0.39 is 0 Å². The maximum absolute atomic E-state index is 11.4. The monoisotopic (exact) mass is 236 g/mol. The molecule has 17 heavy (non-hydrogen) atoms. The highest BCUT2D eigenvalue weighted by Crippen LogP contribution is 2.26. The van der Waals surface area contributed by atoms with Gasteiger partial charge >= 0.3 is 0 Å². The fourth-order valence-corrected chi connectivity index (χ4v) is 2.51. The molecule has 0 spiro atoms. The molecule has 5 nitrogen and oxygen atoms in total. The number of unbranched alkanes of at least 4 members (excludes halogenated alkanes) is 3. The first-order valence-corrected chi connectivity index (χ1v) is 6.61. The molecule has 0 bridgehead atoms. The van der Waals surface area contributed by atoms with Crippen LogP contribution in [-0.2, 0) is 11.2 Å². The van der Waals surface area contributed by atoms with E-state index in [0.29, 0.717) is 11.7 Å². The molecule has 1 heterocycles. The van der Waals surface area contributed by atoms with Gasteiger partial charge in [-0.05, 0) is 25.7 Å². The van der Waals surface area contributed by atoms with Crippen molar-refractivity contribution in [3.05, 3.63) is 5.82 Å². The summed E-state index contributed by atoms with van der Waals surface area (Å²) in [6.07, 6.45) is 9.75. The highest BCUT2D eigenvalue weighted by atomic mass is 16.1. The third-order valence-corrected chi connectivity index (χ3v) is 3.52. The smallest absolute Gasteiger partial charge is 0.174 e. The lowest BCUT2D eigenvalue weighted by Crippen LogP contribution is -2.05. The number of aromatic nitrogens is 4. The number of hydrogen-bond acceptors (Lipinski definition) is 4. The largest absolute Gasteiger partial charge is 0.299 e. The van der Waals surface area contributed by atoms with Crippen LogP contribution < -0.4 is 0 Å². The maximum Gasteiger partial charge on any atom is 0.174 e. The zero-order valence-corrected chi connectivity index (χ0v) is 10.2. The van der Waals surface area contributed by atoms with E-state index >= 15 is 0 Å². The van der Waals surface area contributed by atoms with E-state index in [-0.39, 0.29) is 0 Å². The molecular weight excluding hydrogens is 216 g/mol. The fraction of sp³-hybridized carbons (Fsp3) is 0.833. The number of aromatic amines is 1. The van der Waals surface area contributed by atoms with Gasteiger partial charge in [-0.15, -0.1) is 10.2 Å². The van der Waals surface area contributed by atoms with Crippen molar-refractivity contribution < 1.29 is 4.79 Å². The second kappa shape index (κ2) is 6.47. The molecule has 1 fully saturated rings. The molecule has 1 unspecified atom stereocenters. The number of hydrogen-bond donors (Lipinski definition) is 1. The van der Waals surface area contributed by atoms with E-state index in [9.17, 15) is 4.79 Å². The van der Waals surface area contributed by atoms with Crippen molar-refractivity contribution in [2.24, 2.45) is 5.92 Å².